The van der Waals surface area contributed by atoms with Crippen LogP contribution in [0.25, 0.3) is 0 Å². The molecule has 1 heterocycles. The summed E-state index contributed by atoms with van der Waals surface area (Å²) in [6.07, 6.45) is 20.6. The first kappa shape index (κ1) is 26.9. The molecule has 0 radical (unpaired) electrons. The lowest BCUT2D eigenvalue weighted by Crippen LogP contribution is -2.16. The van der Waals surface area contributed by atoms with Gasteiger partial charge in [-0.05, 0) is 32.1 Å². The van der Waals surface area contributed by atoms with E-state index in [0.717, 1.165) is 69.7 Å². The molecule has 0 unspecified atom stereocenters. The number of unbranched alkanes of at least 4 members (excludes halogenated alkanes) is 8. The molecule has 1 aliphatic rings. The maximum Gasteiger partial charge on any atom is 0.331 e. The smallest absolute Gasteiger partial charge is 0.331 e. The van der Waals surface area contributed by atoms with Gasteiger partial charge >= 0.3 is 11.9 Å². The standard InChI is InChI=1S/C25H41NO5/c1-3-4-5-12-15-22(31-25(28)19-18-24(27)29-2)16-13-10-8-6-7-9-11-14-17-23-26-20-21-30-23/h10,13,18-19,22H,3-9,11-12,14-17,20-21H2,1-2H3/b13-10-,19-18-/t22-/m1/s1. The molecule has 0 bridgehead atoms. The zero-order valence-electron chi connectivity index (χ0n) is 19.5. The zero-order chi connectivity index (χ0) is 22.6. The maximum atomic E-state index is 12.0. The summed E-state index contributed by atoms with van der Waals surface area (Å²) in [5.41, 5.74) is 0. The number of carbonyl (C=O) groups excluding carboxylic acids is 2. The highest BCUT2D eigenvalue weighted by atomic mass is 16.5. The first-order valence-electron chi connectivity index (χ1n) is 11.9. The van der Waals surface area contributed by atoms with Crippen LogP contribution in [0.1, 0.15) is 90.4 Å². The Balaban J connectivity index is 2.19. The third-order valence-electron chi connectivity index (χ3n) is 5.19. The third-order valence-corrected chi connectivity index (χ3v) is 5.19. The molecule has 176 valence electrons. The number of hydrogen-bond donors (Lipinski definition) is 0. The molecular weight excluding hydrogens is 394 g/mol. The Labute approximate surface area is 188 Å². The highest BCUT2D eigenvalue weighted by molar-refractivity contribution is 5.91. The summed E-state index contributed by atoms with van der Waals surface area (Å²) in [6.45, 7) is 3.76. The van der Waals surface area contributed by atoms with Crippen LogP contribution < -0.4 is 0 Å². The van der Waals surface area contributed by atoms with E-state index in [-0.39, 0.29) is 6.10 Å². The molecule has 0 aromatic heterocycles. The quantitative estimate of drug-likeness (QED) is 0.119. The molecule has 0 fully saturated rings. The second-order valence-corrected chi connectivity index (χ2v) is 7.90. The lowest BCUT2D eigenvalue weighted by atomic mass is 10.1. The van der Waals surface area contributed by atoms with Gasteiger partial charge in [-0.1, -0.05) is 57.6 Å². The van der Waals surface area contributed by atoms with Crippen LogP contribution in [0.15, 0.2) is 29.3 Å². The number of allylic oxidation sites excluding steroid dienone is 1. The van der Waals surface area contributed by atoms with Gasteiger partial charge in [0.25, 0.3) is 0 Å². The van der Waals surface area contributed by atoms with Crippen molar-refractivity contribution in [2.75, 3.05) is 20.3 Å². The number of hydrogen-bond acceptors (Lipinski definition) is 6. The van der Waals surface area contributed by atoms with E-state index in [4.69, 9.17) is 9.47 Å². The predicted octanol–water partition coefficient (Wildman–Crippen LogP) is 5.70. The number of aliphatic imine (C=N–C) groups is 1. The average Bonchev–Trinajstić information content (AvgIpc) is 3.29. The fraction of sp³-hybridized carbons (Fsp3) is 0.720. The van der Waals surface area contributed by atoms with E-state index >= 15 is 0 Å². The van der Waals surface area contributed by atoms with E-state index in [9.17, 15) is 9.59 Å². The van der Waals surface area contributed by atoms with Gasteiger partial charge < -0.3 is 14.2 Å². The van der Waals surface area contributed by atoms with E-state index in [2.05, 4.69) is 28.8 Å². The molecule has 1 atom stereocenters. The maximum absolute atomic E-state index is 12.0. The predicted molar refractivity (Wildman–Crippen MR) is 124 cm³/mol. The van der Waals surface area contributed by atoms with Gasteiger partial charge in [0.15, 0.2) is 5.90 Å². The van der Waals surface area contributed by atoms with Crippen LogP contribution in [-0.2, 0) is 23.8 Å². The first-order valence-corrected chi connectivity index (χ1v) is 11.9. The second-order valence-electron chi connectivity index (χ2n) is 7.90. The van der Waals surface area contributed by atoms with Crippen molar-refractivity contribution >= 4 is 17.8 Å². The van der Waals surface area contributed by atoms with Crippen LogP contribution >= 0.6 is 0 Å². The number of rotatable bonds is 18. The van der Waals surface area contributed by atoms with Crippen LogP contribution in [0.4, 0.5) is 0 Å². The van der Waals surface area contributed by atoms with Crippen molar-refractivity contribution in [2.45, 2.75) is 96.5 Å². The van der Waals surface area contributed by atoms with Crippen molar-refractivity contribution in [2.24, 2.45) is 4.99 Å². The Morgan fingerprint density at radius 2 is 1.74 bits per heavy atom. The molecule has 1 aliphatic heterocycles. The van der Waals surface area contributed by atoms with Crippen molar-refractivity contribution in [3.05, 3.63) is 24.3 Å². The Bertz CT molecular complexity index is 582. The van der Waals surface area contributed by atoms with Gasteiger partial charge in [0.05, 0.1) is 13.7 Å². The average molecular weight is 436 g/mol. The van der Waals surface area contributed by atoms with Gasteiger partial charge in [0.1, 0.15) is 12.7 Å². The lowest BCUT2D eigenvalue weighted by Gasteiger charge is -2.15. The molecule has 0 saturated heterocycles. The second kappa shape index (κ2) is 18.6. The van der Waals surface area contributed by atoms with Gasteiger partial charge in [0, 0.05) is 25.0 Å². The summed E-state index contributed by atoms with van der Waals surface area (Å²) in [4.78, 5) is 27.4. The first-order chi connectivity index (χ1) is 15.2. The molecule has 0 aromatic rings. The summed E-state index contributed by atoms with van der Waals surface area (Å²) in [6, 6.07) is 0. The SMILES string of the molecule is CCCCCC[C@H](C/C=C\CCCCCCCC1=NCCO1)OC(=O)/C=C\C(=O)OC. The number of nitrogens with zero attached hydrogens (tertiary/aromatic N) is 1. The highest BCUT2D eigenvalue weighted by Crippen LogP contribution is 2.14. The van der Waals surface area contributed by atoms with Gasteiger partial charge in [-0.2, -0.15) is 0 Å². The fourth-order valence-electron chi connectivity index (χ4n) is 3.40. The normalized spacial score (nSPS) is 14.6. The number of esters is 2. The molecule has 1 rings (SSSR count). The molecule has 0 aliphatic carbocycles. The van der Waals surface area contributed by atoms with E-state index in [0.29, 0.717) is 6.42 Å². The van der Waals surface area contributed by atoms with Crippen LogP contribution in [0.3, 0.4) is 0 Å². The van der Waals surface area contributed by atoms with Crippen molar-refractivity contribution < 1.29 is 23.8 Å². The van der Waals surface area contributed by atoms with Gasteiger partial charge in [-0.3, -0.25) is 4.99 Å². The number of carbonyl (C=O) groups is 2. The Morgan fingerprint density at radius 3 is 2.48 bits per heavy atom. The molecule has 0 saturated carbocycles. The van der Waals surface area contributed by atoms with Gasteiger partial charge in [0.2, 0.25) is 0 Å². The summed E-state index contributed by atoms with van der Waals surface area (Å²) >= 11 is 0. The Kier molecular flexibility index (Phi) is 16.2. The lowest BCUT2D eigenvalue weighted by molar-refractivity contribution is -0.144. The van der Waals surface area contributed by atoms with Crippen molar-refractivity contribution in [1.29, 1.82) is 0 Å². The molecule has 0 spiro atoms. The summed E-state index contributed by atoms with van der Waals surface area (Å²) in [5, 5.41) is 0. The summed E-state index contributed by atoms with van der Waals surface area (Å²) < 4.78 is 15.5. The van der Waals surface area contributed by atoms with Crippen LogP contribution in [0.2, 0.25) is 0 Å². The minimum Gasteiger partial charge on any atom is -0.479 e. The zero-order valence-corrected chi connectivity index (χ0v) is 19.5. The van der Waals surface area contributed by atoms with Crippen molar-refractivity contribution in [3.8, 4) is 0 Å². The molecule has 31 heavy (non-hydrogen) atoms. The Morgan fingerprint density at radius 1 is 1.00 bits per heavy atom. The third kappa shape index (κ3) is 15.4. The fourth-order valence-corrected chi connectivity index (χ4v) is 3.40. The monoisotopic (exact) mass is 435 g/mol. The molecule has 6 nitrogen and oxygen atoms in total. The van der Waals surface area contributed by atoms with E-state index < -0.39 is 11.9 Å². The van der Waals surface area contributed by atoms with Crippen molar-refractivity contribution in [1.82, 2.24) is 0 Å². The summed E-state index contributed by atoms with van der Waals surface area (Å²) in [5.74, 6) is -0.112. The summed E-state index contributed by atoms with van der Waals surface area (Å²) in [7, 11) is 1.28. The number of ether oxygens (including phenoxy) is 3. The molecule has 6 heteroatoms. The largest absolute Gasteiger partial charge is 0.479 e. The van der Waals surface area contributed by atoms with E-state index in [1.165, 1.54) is 45.6 Å². The minimum atomic E-state index is -0.558. The van der Waals surface area contributed by atoms with Crippen LogP contribution in [-0.4, -0.2) is 44.2 Å². The van der Waals surface area contributed by atoms with Crippen LogP contribution in [0, 0.1) is 0 Å². The van der Waals surface area contributed by atoms with E-state index in [1.54, 1.807) is 0 Å². The molecular formula is C25H41NO5. The topological polar surface area (TPSA) is 74.2 Å². The minimum absolute atomic E-state index is 0.149. The molecule has 0 amide bonds. The van der Waals surface area contributed by atoms with Crippen molar-refractivity contribution in [3.63, 3.8) is 0 Å². The number of methoxy groups -OCH3 is 1. The molecule has 0 aromatic carbocycles. The van der Waals surface area contributed by atoms with E-state index in [1.807, 2.05) is 0 Å². The Hall–Kier alpha value is -2.11. The van der Waals surface area contributed by atoms with Crippen LogP contribution in [0.5, 0.6) is 0 Å². The highest BCUT2D eigenvalue weighted by Gasteiger charge is 2.11. The molecule has 0 N–H and O–H groups in total. The van der Waals surface area contributed by atoms with Gasteiger partial charge in [-0.15, -0.1) is 0 Å². The van der Waals surface area contributed by atoms with Gasteiger partial charge in [-0.25, -0.2) is 9.59 Å².